The first kappa shape index (κ1) is 30.1. The van der Waals surface area contributed by atoms with Crippen LogP contribution in [-0.4, -0.2) is 50.9 Å². The smallest absolute Gasteiger partial charge is 0.264 e. The molecule has 2 amide bonds. The van der Waals surface area contributed by atoms with Gasteiger partial charge in [0.1, 0.15) is 18.3 Å². The second-order valence-electron chi connectivity index (χ2n) is 10.5. The lowest BCUT2D eigenvalue weighted by atomic mass is 9.95. The standard InChI is InChI=1S/C32H39N3O5S/c1-24-19-20-30(40-3)29(21-24)35(41(38,39)28-17-11-6-12-18-28)23-31(36)34(22-26-13-7-4-8-14-26)25(2)32(37)33-27-15-9-5-10-16-27/h4,6-8,11-14,17-21,25,27H,5,9-10,15-16,22-23H2,1-3H3,(H,33,37)/t25-/m0/s1. The van der Waals surface area contributed by atoms with E-state index < -0.39 is 28.5 Å². The zero-order valence-electron chi connectivity index (χ0n) is 24.0. The molecule has 1 saturated carbocycles. The molecule has 4 rings (SSSR count). The number of hydrogen-bond donors (Lipinski definition) is 1. The predicted octanol–water partition coefficient (Wildman–Crippen LogP) is 5.07. The molecule has 3 aromatic rings. The zero-order chi connectivity index (χ0) is 29.4. The fourth-order valence-corrected chi connectivity index (χ4v) is 6.60. The minimum Gasteiger partial charge on any atom is -0.495 e. The molecule has 0 aliphatic heterocycles. The minimum absolute atomic E-state index is 0.0501. The molecular formula is C32H39N3O5S. The quantitative estimate of drug-likeness (QED) is 0.344. The fraction of sp³-hybridized carbons (Fsp3) is 0.375. The summed E-state index contributed by atoms with van der Waals surface area (Å²) in [6, 6.07) is 21.8. The molecule has 0 radical (unpaired) electrons. The summed E-state index contributed by atoms with van der Waals surface area (Å²) in [5.74, 6) is -0.421. The average Bonchev–Trinajstić information content (AvgIpc) is 2.99. The van der Waals surface area contributed by atoms with Gasteiger partial charge in [0.2, 0.25) is 11.8 Å². The SMILES string of the molecule is COc1ccc(C)cc1N(CC(=O)N(Cc1ccccc1)[C@@H](C)C(=O)NC1CCCCC1)S(=O)(=O)c1ccccc1. The molecule has 218 valence electrons. The molecule has 1 fully saturated rings. The van der Waals surface area contributed by atoms with Gasteiger partial charge >= 0.3 is 0 Å². The third-order valence-electron chi connectivity index (χ3n) is 7.53. The normalized spacial score (nSPS) is 14.6. The van der Waals surface area contributed by atoms with Crippen molar-refractivity contribution in [3.8, 4) is 5.75 Å². The van der Waals surface area contributed by atoms with Gasteiger partial charge in [-0.1, -0.05) is 73.9 Å². The summed E-state index contributed by atoms with van der Waals surface area (Å²) in [7, 11) is -2.71. The predicted molar refractivity (Wildman–Crippen MR) is 160 cm³/mol. The molecule has 1 N–H and O–H groups in total. The highest BCUT2D eigenvalue weighted by Gasteiger charge is 2.34. The van der Waals surface area contributed by atoms with E-state index in [-0.39, 0.29) is 29.1 Å². The number of benzene rings is 3. The summed E-state index contributed by atoms with van der Waals surface area (Å²) >= 11 is 0. The van der Waals surface area contributed by atoms with Gasteiger partial charge in [0, 0.05) is 12.6 Å². The van der Waals surface area contributed by atoms with Crippen molar-refractivity contribution >= 4 is 27.5 Å². The Bertz CT molecular complexity index is 1420. The molecule has 0 bridgehead atoms. The van der Waals surface area contributed by atoms with Crippen LogP contribution in [0.15, 0.2) is 83.8 Å². The Morgan fingerprint density at radius 2 is 1.59 bits per heavy atom. The van der Waals surface area contributed by atoms with Gasteiger partial charge in [-0.3, -0.25) is 13.9 Å². The number of aryl methyl sites for hydroxylation is 1. The van der Waals surface area contributed by atoms with Crippen LogP contribution in [0.3, 0.4) is 0 Å². The highest BCUT2D eigenvalue weighted by atomic mass is 32.2. The molecule has 1 aliphatic rings. The molecule has 8 nitrogen and oxygen atoms in total. The highest BCUT2D eigenvalue weighted by Crippen LogP contribution is 2.33. The third-order valence-corrected chi connectivity index (χ3v) is 9.30. The molecule has 0 heterocycles. The largest absolute Gasteiger partial charge is 0.495 e. The second-order valence-corrected chi connectivity index (χ2v) is 12.4. The lowest BCUT2D eigenvalue weighted by Gasteiger charge is -2.33. The molecule has 1 aliphatic carbocycles. The van der Waals surface area contributed by atoms with Crippen LogP contribution in [0.25, 0.3) is 0 Å². The van der Waals surface area contributed by atoms with Crippen LogP contribution in [0.4, 0.5) is 5.69 Å². The van der Waals surface area contributed by atoms with Gasteiger partial charge in [-0.15, -0.1) is 0 Å². The first-order valence-electron chi connectivity index (χ1n) is 14.1. The molecule has 41 heavy (non-hydrogen) atoms. The fourth-order valence-electron chi connectivity index (χ4n) is 5.16. The van der Waals surface area contributed by atoms with E-state index in [1.54, 1.807) is 37.3 Å². The van der Waals surface area contributed by atoms with E-state index in [1.165, 1.54) is 24.1 Å². The lowest BCUT2D eigenvalue weighted by Crippen LogP contribution is -2.53. The van der Waals surface area contributed by atoms with Gasteiger partial charge in [-0.05, 0) is 62.1 Å². The maximum atomic E-state index is 14.1. The summed E-state index contributed by atoms with van der Waals surface area (Å²) in [6.07, 6.45) is 5.13. The number of nitrogens with zero attached hydrogens (tertiary/aromatic N) is 2. The molecule has 0 spiro atoms. The number of ether oxygens (including phenoxy) is 1. The molecule has 1 atom stereocenters. The van der Waals surface area contributed by atoms with Crippen molar-refractivity contribution in [2.75, 3.05) is 18.0 Å². The summed E-state index contributed by atoms with van der Waals surface area (Å²) in [4.78, 5) is 29.1. The number of carbonyl (C=O) groups is 2. The number of nitrogens with one attached hydrogen (secondary N) is 1. The van der Waals surface area contributed by atoms with Crippen LogP contribution in [0, 0.1) is 6.92 Å². The monoisotopic (exact) mass is 577 g/mol. The zero-order valence-corrected chi connectivity index (χ0v) is 24.8. The van der Waals surface area contributed by atoms with E-state index in [4.69, 9.17) is 4.74 Å². The first-order valence-corrected chi connectivity index (χ1v) is 15.5. The van der Waals surface area contributed by atoms with Gasteiger partial charge in [-0.25, -0.2) is 8.42 Å². The van der Waals surface area contributed by atoms with Crippen LogP contribution in [0.2, 0.25) is 0 Å². The number of anilines is 1. The Hall–Kier alpha value is -3.85. The molecule has 0 aromatic heterocycles. The van der Waals surface area contributed by atoms with Gasteiger partial charge in [-0.2, -0.15) is 0 Å². The van der Waals surface area contributed by atoms with Crippen LogP contribution >= 0.6 is 0 Å². The molecule has 9 heteroatoms. The maximum absolute atomic E-state index is 14.1. The minimum atomic E-state index is -4.17. The number of carbonyl (C=O) groups excluding carboxylic acids is 2. The summed E-state index contributed by atoms with van der Waals surface area (Å²) < 4.78 is 34.6. The molecule has 0 unspecified atom stereocenters. The van der Waals surface area contributed by atoms with Crippen LogP contribution in [0.1, 0.15) is 50.2 Å². The van der Waals surface area contributed by atoms with E-state index >= 15 is 0 Å². The number of amides is 2. The van der Waals surface area contributed by atoms with Gasteiger partial charge < -0.3 is 15.0 Å². The first-order chi connectivity index (χ1) is 19.7. The summed E-state index contributed by atoms with van der Waals surface area (Å²) in [5, 5.41) is 3.12. The van der Waals surface area contributed by atoms with E-state index in [9.17, 15) is 18.0 Å². The number of methoxy groups -OCH3 is 1. The molecular weight excluding hydrogens is 538 g/mol. The molecule has 3 aromatic carbocycles. The Balaban J connectivity index is 1.70. The topological polar surface area (TPSA) is 96.0 Å². The van der Waals surface area contributed by atoms with E-state index in [2.05, 4.69) is 5.32 Å². The van der Waals surface area contributed by atoms with Crippen LogP contribution in [-0.2, 0) is 26.2 Å². The van der Waals surface area contributed by atoms with E-state index in [0.29, 0.717) is 5.75 Å². The Morgan fingerprint density at radius 3 is 2.22 bits per heavy atom. The van der Waals surface area contributed by atoms with E-state index in [1.807, 2.05) is 43.3 Å². The van der Waals surface area contributed by atoms with Gasteiger partial charge in [0.25, 0.3) is 10.0 Å². The summed E-state index contributed by atoms with van der Waals surface area (Å²) in [5.41, 5.74) is 1.90. The van der Waals surface area contributed by atoms with Crippen molar-refractivity contribution in [3.63, 3.8) is 0 Å². The Kier molecular flexibility index (Phi) is 10.0. The highest BCUT2D eigenvalue weighted by molar-refractivity contribution is 7.92. The van der Waals surface area contributed by atoms with Crippen LogP contribution in [0.5, 0.6) is 5.75 Å². The van der Waals surface area contributed by atoms with Crippen molar-refractivity contribution in [2.45, 2.75) is 69.5 Å². The van der Waals surface area contributed by atoms with Gasteiger partial charge in [0.15, 0.2) is 0 Å². The molecule has 0 saturated heterocycles. The van der Waals surface area contributed by atoms with Crippen molar-refractivity contribution in [1.82, 2.24) is 10.2 Å². The van der Waals surface area contributed by atoms with Crippen LogP contribution < -0.4 is 14.4 Å². The number of hydrogen-bond acceptors (Lipinski definition) is 5. The average molecular weight is 578 g/mol. The maximum Gasteiger partial charge on any atom is 0.264 e. The van der Waals surface area contributed by atoms with Crippen molar-refractivity contribution in [2.24, 2.45) is 0 Å². The second kappa shape index (κ2) is 13.7. The van der Waals surface area contributed by atoms with Crippen molar-refractivity contribution in [3.05, 3.63) is 90.0 Å². The van der Waals surface area contributed by atoms with Gasteiger partial charge in [0.05, 0.1) is 17.7 Å². The number of sulfonamides is 1. The summed E-state index contributed by atoms with van der Waals surface area (Å²) in [6.45, 7) is 3.19. The lowest BCUT2D eigenvalue weighted by molar-refractivity contribution is -0.139. The van der Waals surface area contributed by atoms with Crippen molar-refractivity contribution < 1.29 is 22.7 Å². The Labute approximate surface area is 243 Å². The third kappa shape index (κ3) is 7.47. The van der Waals surface area contributed by atoms with E-state index in [0.717, 1.165) is 47.5 Å². The number of rotatable bonds is 11. The Morgan fingerprint density at radius 1 is 0.951 bits per heavy atom. The van der Waals surface area contributed by atoms with Crippen molar-refractivity contribution in [1.29, 1.82) is 0 Å².